The molecular formula is C24H24ClN3O3S. The molecule has 0 atom stereocenters. The first-order valence-corrected chi connectivity index (χ1v) is 11.9. The van der Waals surface area contributed by atoms with Crippen LogP contribution in [-0.4, -0.2) is 25.3 Å². The molecule has 1 heterocycles. The predicted molar refractivity (Wildman–Crippen MR) is 129 cm³/mol. The van der Waals surface area contributed by atoms with Crippen LogP contribution in [0.4, 0.5) is 0 Å². The number of halogens is 1. The highest BCUT2D eigenvalue weighted by atomic mass is 35.5. The Bertz CT molecular complexity index is 1280. The van der Waals surface area contributed by atoms with Gasteiger partial charge in [-0.25, -0.2) is 18.2 Å². The highest BCUT2D eigenvalue weighted by Gasteiger charge is 2.15. The average molecular weight is 470 g/mol. The highest BCUT2D eigenvalue weighted by Crippen LogP contribution is 2.30. The molecule has 8 heteroatoms. The minimum absolute atomic E-state index is 0.0434. The lowest BCUT2D eigenvalue weighted by molar-refractivity contribution is 0.415. The van der Waals surface area contributed by atoms with Gasteiger partial charge in [-0.2, -0.15) is 5.10 Å². The van der Waals surface area contributed by atoms with Crippen molar-refractivity contribution in [2.24, 2.45) is 5.14 Å². The summed E-state index contributed by atoms with van der Waals surface area (Å²) >= 11 is 6.04. The molecule has 0 spiro atoms. The molecule has 6 nitrogen and oxygen atoms in total. The fraction of sp³-hybridized carbons (Fsp3) is 0.125. The van der Waals surface area contributed by atoms with E-state index in [1.807, 2.05) is 68.4 Å². The van der Waals surface area contributed by atoms with Crippen LogP contribution in [0.2, 0.25) is 5.02 Å². The lowest BCUT2D eigenvalue weighted by atomic mass is 10.1. The number of hydrogen-bond acceptors (Lipinski definition) is 4. The Morgan fingerprint density at radius 2 is 1.44 bits per heavy atom. The smallest absolute Gasteiger partial charge is 0.238 e. The van der Waals surface area contributed by atoms with Gasteiger partial charge in [-0.05, 0) is 66.7 Å². The Morgan fingerprint density at radius 3 is 1.97 bits per heavy atom. The van der Waals surface area contributed by atoms with Crippen LogP contribution in [0.1, 0.15) is 13.8 Å². The normalized spacial score (nSPS) is 10.9. The van der Waals surface area contributed by atoms with Crippen molar-refractivity contribution < 1.29 is 13.2 Å². The van der Waals surface area contributed by atoms with E-state index in [0.29, 0.717) is 10.7 Å². The Balaban J connectivity index is 0.00000141. The standard InChI is InChI=1S/C22H18ClN3O3S.C2H6/c1-29-19-10-4-15(5-11-19)21-14-22(16-2-6-17(23)7-3-16)26(25-21)18-8-12-20(13-9-18)30(24,27)28;1-2/h2-14H,1H3,(H2,24,27,28);1-2H3. The molecular weight excluding hydrogens is 446 g/mol. The molecule has 2 N–H and O–H groups in total. The number of rotatable bonds is 5. The minimum Gasteiger partial charge on any atom is -0.497 e. The summed E-state index contributed by atoms with van der Waals surface area (Å²) in [6.07, 6.45) is 0. The number of sulfonamides is 1. The number of benzene rings is 3. The molecule has 32 heavy (non-hydrogen) atoms. The van der Waals surface area contributed by atoms with Crippen LogP contribution >= 0.6 is 11.6 Å². The number of nitrogens with two attached hydrogens (primary N) is 1. The number of primary sulfonamides is 1. The van der Waals surface area contributed by atoms with E-state index in [1.165, 1.54) is 12.1 Å². The first-order chi connectivity index (χ1) is 15.3. The molecule has 4 aromatic rings. The van der Waals surface area contributed by atoms with Crippen molar-refractivity contribution in [2.45, 2.75) is 18.7 Å². The fourth-order valence-corrected chi connectivity index (χ4v) is 3.73. The van der Waals surface area contributed by atoms with Crippen molar-refractivity contribution in [3.8, 4) is 34.0 Å². The lowest BCUT2D eigenvalue weighted by Crippen LogP contribution is -2.12. The summed E-state index contributed by atoms with van der Waals surface area (Å²) in [6, 6.07) is 23.3. The van der Waals surface area contributed by atoms with Gasteiger partial charge in [-0.3, -0.25) is 0 Å². The highest BCUT2D eigenvalue weighted by molar-refractivity contribution is 7.89. The minimum atomic E-state index is -3.77. The molecule has 1 aromatic heterocycles. The molecule has 0 saturated heterocycles. The Morgan fingerprint density at radius 1 is 0.875 bits per heavy atom. The largest absolute Gasteiger partial charge is 0.497 e. The first kappa shape index (κ1) is 23.5. The van der Waals surface area contributed by atoms with E-state index in [1.54, 1.807) is 23.9 Å². The average Bonchev–Trinajstić information content (AvgIpc) is 3.26. The molecule has 0 aliphatic heterocycles. The molecule has 0 aliphatic rings. The Kier molecular flexibility index (Phi) is 7.35. The maximum absolute atomic E-state index is 11.6. The monoisotopic (exact) mass is 469 g/mol. The van der Waals surface area contributed by atoms with E-state index in [2.05, 4.69) is 0 Å². The third kappa shape index (κ3) is 5.19. The van der Waals surface area contributed by atoms with Crippen LogP contribution in [0.5, 0.6) is 5.75 Å². The zero-order valence-electron chi connectivity index (χ0n) is 18.0. The number of methoxy groups -OCH3 is 1. The predicted octanol–water partition coefficient (Wildman–Crippen LogP) is 5.54. The number of aromatic nitrogens is 2. The van der Waals surface area contributed by atoms with Gasteiger partial charge in [0.05, 0.1) is 29.1 Å². The maximum Gasteiger partial charge on any atom is 0.238 e. The van der Waals surface area contributed by atoms with Gasteiger partial charge in [0.25, 0.3) is 0 Å². The fourth-order valence-electron chi connectivity index (χ4n) is 3.08. The summed E-state index contributed by atoms with van der Waals surface area (Å²) in [5.74, 6) is 0.759. The third-order valence-electron chi connectivity index (χ3n) is 4.64. The van der Waals surface area contributed by atoms with E-state index in [4.69, 9.17) is 26.6 Å². The van der Waals surface area contributed by atoms with Gasteiger partial charge < -0.3 is 4.74 Å². The molecule has 4 rings (SSSR count). The second-order valence-corrected chi connectivity index (χ2v) is 8.60. The molecule has 0 fully saturated rings. The van der Waals surface area contributed by atoms with Gasteiger partial charge in [0.1, 0.15) is 5.75 Å². The van der Waals surface area contributed by atoms with Crippen LogP contribution in [0.15, 0.2) is 83.8 Å². The summed E-state index contributed by atoms with van der Waals surface area (Å²) in [6.45, 7) is 4.00. The molecule has 0 amide bonds. The summed E-state index contributed by atoms with van der Waals surface area (Å²) in [5.41, 5.74) is 4.14. The molecule has 0 radical (unpaired) electrons. The summed E-state index contributed by atoms with van der Waals surface area (Å²) < 4.78 is 30.1. The van der Waals surface area contributed by atoms with Crippen LogP contribution in [0.25, 0.3) is 28.2 Å². The molecule has 3 aromatic carbocycles. The van der Waals surface area contributed by atoms with E-state index in [-0.39, 0.29) is 4.90 Å². The second kappa shape index (κ2) is 9.99. The van der Waals surface area contributed by atoms with Gasteiger partial charge in [-0.15, -0.1) is 0 Å². The van der Waals surface area contributed by atoms with Gasteiger partial charge in [0, 0.05) is 16.1 Å². The first-order valence-electron chi connectivity index (χ1n) is 9.99. The van der Waals surface area contributed by atoms with Crippen molar-refractivity contribution in [1.29, 1.82) is 0 Å². The molecule has 0 unspecified atom stereocenters. The molecule has 166 valence electrons. The van der Waals surface area contributed by atoms with Crippen molar-refractivity contribution in [3.63, 3.8) is 0 Å². The quantitative estimate of drug-likeness (QED) is 0.415. The van der Waals surface area contributed by atoms with Gasteiger partial charge >= 0.3 is 0 Å². The van der Waals surface area contributed by atoms with E-state index in [9.17, 15) is 8.42 Å². The molecule has 0 bridgehead atoms. The van der Waals surface area contributed by atoms with Crippen LogP contribution in [0, 0.1) is 0 Å². The summed E-state index contributed by atoms with van der Waals surface area (Å²) in [7, 11) is -2.15. The van der Waals surface area contributed by atoms with Crippen LogP contribution in [-0.2, 0) is 10.0 Å². The van der Waals surface area contributed by atoms with Gasteiger partial charge in [-0.1, -0.05) is 37.6 Å². The maximum atomic E-state index is 11.6. The topological polar surface area (TPSA) is 87.2 Å². The van der Waals surface area contributed by atoms with E-state index in [0.717, 1.165) is 28.3 Å². The van der Waals surface area contributed by atoms with E-state index >= 15 is 0 Å². The number of nitrogens with zero attached hydrogens (tertiary/aromatic N) is 2. The van der Waals surface area contributed by atoms with Crippen LogP contribution < -0.4 is 9.88 Å². The lowest BCUT2D eigenvalue weighted by Gasteiger charge is -2.08. The van der Waals surface area contributed by atoms with Crippen molar-refractivity contribution in [1.82, 2.24) is 9.78 Å². The Hall–Kier alpha value is -3.13. The van der Waals surface area contributed by atoms with E-state index < -0.39 is 10.0 Å². The third-order valence-corrected chi connectivity index (χ3v) is 5.83. The molecule has 0 saturated carbocycles. The molecule has 0 aliphatic carbocycles. The second-order valence-electron chi connectivity index (χ2n) is 6.60. The number of hydrogen-bond donors (Lipinski definition) is 1. The Labute approximate surface area is 193 Å². The zero-order chi connectivity index (χ0) is 23.3. The van der Waals surface area contributed by atoms with Gasteiger partial charge in [0.15, 0.2) is 0 Å². The summed E-state index contributed by atoms with van der Waals surface area (Å²) in [5, 5.41) is 10.6. The van der Waals surface area contributed by atoms with Crippen molar-refractivity contribution in [3.05, 3.63) is 83.9 Å². The van der Waals surface area contributed by atoms with Crippen molar-refractivity contribution >= 4 is 21.6 Å². The summed E-state index contributed by atoms with van der Waals surface area (Å²) in [4.78, 5) is 0.0434. The number of ether oxygens (including phenoxy) is 1. The SMILES string of the molecule is CC.COc1ccc(-c2cc(-c3ccc(Cl)cc3)n(-c3ccc(S(N)(=O)=O)cc3)n2)cc1. The van der Waals surface area contributed by atoms with Crippen LogP contribution in [0.3, 0.4) is 0 Å². The van der Waals surface area contributed by atoms with Crippen molar-refractivity contribution in [2.75, 3.05) is 7.11 Å². The zero-order valence-corrected chi connectivity index (χ0v) is 19.6. The van der Waals surface area contributed by atoms with Gasteiger partial charge in [0.2, 0.25) is 10.0 Å².